The van der Waals surface area contributed by atoms with Crippen molar-refractivity contribution < 1.29 is 9.15 Å². The number of halogens is 1. The molecule has 1 heterocycles. The Morgan fingerprint density at radius 2 is 1.80 bits per heavy atom. The zero-order valence-corrected chi connectivity index (χ0v) is 11.7. The fraction of sp³-hybridized carbons (Fsp3) is 0.0588. The highest BCUT2D eigenvalue weighted by atomic mass is 35.5. The third-order valence-corrected chi connectivity index (χ3v) is 3.29. The van der Waals surface area contributed by atoms with Crippen LogP contribution in [-0.4, -0.2) is 7.11 Å². The molecule has 100 valence electrons. The van der Waals surface area contributed by atoms with Crippen molar-refractivity contribution in [2.24, 2.45) is 0 Å². The largest absolute Gasteiger partial charge is 0.497 e. The third-order valence-electron chi connectivity index (χ3n) is 3.05. The van der Waals surface area contributed by atoms with Crippen molar-refractivity contribution >= 4 is 34.7 Å². The molecule has 0 saturated carbocycles. The van der Waals surface area contributed by atoms with Gasteiger partial charge in [0.25, 0.3) is 0 Å². The van der Waals surface area contributed by atoms with Crippen LogP contribution in [0.2, 0.25) is 5.02 Å². The molecular weight excluding hydrogens is 272 g/mol. The van der Waals surface area contributed by atoms with Crippen molar-refractivity contribution in [2.45, 2.75) is 0 Å². The molecule has 3 rings (SSSR count). The average molecular weight is 285 g/mol. The van der Waals surface area contributed by atoms with Gasteiger partial charge in [-0.3, -0.25) is 0 Å². The standard InChI is InChI=1S/C17H13ClO2/c1-19-15-6-2-12(3-7-15)4-8-16-11-13-10-14(18)5-9-17(13)20-16/h2-11H,1H3/b8-4+. The maximum Gasteiger partial charge on any atom is 0.134 e. The molecule has 0 fully saturated rings. The van der Waals surface area contributed by atoms with E-state index in [1.807, 2.05) is 60.7 Å². The van der Waals surface area contributed by atoms with E-state index in [0.29, 0.717) is 5.02 Å². The van der Waals surface area contributed by atoms with Crippen LogP contribution in [0.4, 0.5) is 0 Å². The van der Waals surface area contributed by atoms with E-state index in [9.17, 15) is 0 Å². The molecule has 20 heavy (non-hydrogen) atoms. The molecule has 0 bridgehead atoms. The topological polar surface area (TPSA) is 22.4 Å². The Kier molecular flexibility index (Phi) is 3.48. The molecular formula is C17H13ClO2. The Balaban J connectivity index is 1.85. The van der Waals surface area contributed by atoms with E-state index in [-0.39, 0.29) is 0 Å². The number of hydrogen-bond acceptors (Lipinski definition) is 2. The fourth-order valence-electron chi connectivity index (χ4n) is 2.01. The summed E-state index contributed by atoms with van der Waals surface area (Å²) in [6, 6.07) is 15.4. The number of rotatable bonds is 3. The first-order valence-corrected chi connectivity index (χ1v) is 6.64. The van der Waals surface area contributed by atoms with Crippen LogP contribution in [0, 0.1) is 0 Å². The molecule has 1 aromatic heterocycles. The summed E-state index contributed by atoms with van der Waals surface area (Å²) in [5.74, 6) is 1.65. The van der Waals surface area contributed by atoms with Gasteiger partial charge in [0, 0.05) is 10.4 Å². The average Bonchev–Trinajstić information content (AvgIpc) is 2.87. The quantitative estimate of drug-likeness (QED) is 0.654. The summed E-state index contributed by atoms with van der Waals surface area (Å²) in [7, 11) is 1.66. The highest BCUT2D eigenvalue weighted by molar-refractivity contribution is 6.31. The van der Waals surface area contributed by atoms with Crippen LogP contribution in [0.25, 0.3) is 23.1 Å². The van der Waals surface area contributed by atoms with Gasteiger partial charge in [-0.1, -0.05) is 29.8 Å². The molecule has 0 atom stereocenters. The van der Waals surface area contributed by atoms with Gasteiger partial charge in [0.1, 0.15) is 17.1 Å². The smallest absolute Gasteiger partial charge is 0.134 e. The SMILES string of the molecule is COc1ccc(/C=C/c2cc3cc(Cl)ccc3o2)cc1. The molecule has 2 nitrogen and oxygen atoms in total. The second kappa shape index (κ2) is 5.43. The fourth-order valence-corrected chi connectivity index (χ4v) is 2.19. The lowest BCUT2D eigenvalue weighted by molar-refractivity contribution is 0.415. The Labute approximate surface area is 122 Å². The van der Waals surface area contributed by atoms with Crippen LogP contribution in [-0.2, 0) is 0 Å². The monoisotopic (exact) mass is 284 g/mol. The molecule has 3 aromatic rings. The number of ether oxygens (including phenoxy) is 1. The van der Waals surface area contributed by atoms with Gasteiger partial charge in [-0.15, -0.1) is 0 Å². The number of fused-ring (bicyclic) bond motifs is 1. The minimum atomic E-state index is 0.712. The van der Waals surface area contributed by atoms with Crippen molar-refractivity contribution in [3.63, 3.8) is 0 Å². The summed E-state index contributed by atoms with van der Waals surface area (Å²) in [6.45, 7) is 0. The Morgan fingerprint density at radius 3 is 2.55 bits per heavy atom. The van der Waals surface area contributed by atoms with Gasteiger partial charge in [0.05, 0.1) is 7.11 Å². The molecule has 3 heteroatoms. The van der Waals surface area contributed by atoms with Gasteiger partial charge in [-0.2, -0.15) is 0 Å². The first kappa shape index (κ1) is 12.8. The summed E-state index contributed by atoms with van der Waals surface area (Å²) < 4.78 is 10.8. The van der Waals surface area contributed by atoms with Gasteiger partial charge in [-0.05, 0) is 48.0 Å². The van der Waals surface area contributed by atoms with Crippen molar-refractivity contribution in [1.82, 2.24) is 0 Å². The molecule has 0 aliphatic heterocycles. The van der Waals surface area contributed by atoms with Crippen molar-refractivity contribution in [2.75, 3.05) is 7.11 Å². The van der Waals surface area contributed by atoms with Crippen molar-refractivity contribution in [1.29, 1.82) is 0 Å². The summed E-state index contributed by atoms with van der Waals surface area (Å²) >= 11 is 5.96. The van der Waals surface area contributed by atoms with Crippen LogP contribution in [0.5, 0.6) is 5.75 Å². The predicted octanol–water partition coefficient (Wildman–Crippen LogP) is 5.27. The van der Waals surface area contributed by atoms with E-state index in [4.69, 9.17) is 20.8 Å². The van der Waals surface area contributed by atoms with Crippen LogP contribution in [0.1, 0.15) is 11.3 Å². The molecule has 0 radical (unpaired) electrons. The number of hydrogen-bond donors (Lipinski definition) is 0. The maximum atomic E-state index is 5.96. The minimum absolute atomic E-state index is 0.712. The van der Waals surface area contributed by atoms with Gasteiger partial charge in [-0.25, -0.2) is 0 Å². The van der Waals surface area contributed by atoms with Gasteiger partial charge in [0.15, 0.2) is 0 Å². The van der Waals surface area contributed by atoms with E-state index in [2.05, 4.69) is 0 Å². The number of methoxy groups -OCH3 is 1. The van der Waals surface area contributed by atoms with Crippen LogP contribution < -0.4 is 4.74 Å². The predicted molar refractivity (Wildman–Crippen MR) is 83.1 cm³/mol. The van der Waals surface area contributed by atoms with Crippen LogP contribution in [0.15, 0.2) is 52.9 Å². The van der Waals surface area contributed by atoms with Crippen LogP contribution >= 0.6 is 11.6 Å². The zero-order valence-electron chi connectivity index (χ0n) is 11.0. The highest BCUT2D eigenvalue weighted by Gasteiger charge is 2.01. The third kappa shape index (κ3) is 2.70. The number of benzene rings is 2. The lowest BCUT2D eigenvalue weighted by atomic mass is 10.2. The van der Waals surface area contributed by atoms with E-state index in [1.54, 1.807) is 7.11 Å². The van der Waals surface area contributed by atoms with E-state index in [0.717, 1.165) is 28.0 Å². The van der Waals surface area contributed by atoms with Gasteiger partial charge in [0.2, 0.25) is 0 Å². The molecule has 0 aliphatic carbocycles. The van der Waals surface area contributed by atoms with Gasteiger partial charge >= 0.3 is 0 Å². The van der Waals surface area contributed by atoms with E-state index in [1.165, 1.54) is 0 Å². The Morgan fingerprint density at radius 1 is 1.00 bits per heavy atom. The molecule has 0 N–H and O–H groups in total. The molecule has 0 amide bonds. The first-order valence-electron chi connectivity index (χ1n) is 6.26. The highest BCUT2D eigenvalue weighted by Crippen LogP contribution is 2.24. The minimum Gasteiger partial charge on any atom is -0.497 e. The lowest BCUT2D eigenvalue weighted by Crippen LogP contribution is -1.81. The van der Waals surface area contributed by atoms with E-state index < -0.39 is 0 Å². The molecule has 0 aliphatic rings. The zero-order chi connectivity index (χ0) is 13.9. The Bertz CT molecular complexity index is 754. The molecule has 0 saturated heterocycles. The normalized spacial score (nSPS) is 11.3. The first-order chi connectivity index (χ1) is 9.74. The van der Waals surface area contributed by atoms with Crippen LogP contribution in [0.3, 0.4) is 0 Å². The van der Waals surface area contributed by atoms with E-state index >= 15 is 0 Å². The van der Waals surface area contributed by atoms with Crippen molar-refractivity contribution in [3.8, 4) is 5.75 Å². The number of furan rings is 1. The lowest BCUT2D eigenvalue weighted by Gasteiger charge is -1.98. The summed E-state index contributed by atoms with van der Waals surface area (Å²) in [4.78, 5) is 0. The second-order valence-corrected chi connectivity index (χ2v) is 4.87. The van der Waals surface area contributed by atoms with Crippen molar-refractivity contribution in [3.05, 3.63) is 64.9 Å². The molecule has 0 spiro atoms. The summed E-state index contributed by atoms with van der Waals surface area (Å²) in [5, 5.41) is 1.72. The van der Waals surface area contributed by atoms with Gasteiger partial charge < -0.3 is 9.15 Å². The molecule has 0 unspecified atom stereocenters. The second-order valence-electron chi connectivity index (χ2n) is 4.44. The summed E-state index contributed by atoms with van der Waals surface area (Å²) in [5.41, 5.74) is 1.92. The Hall–Kier alpha value is -2.19. The summed E-state index contributed by atoms with van der Waals surface area (Å²) in [6.07, 6.45) is 3.94. The molecule has 2 aromatic carbocycles. The maximum absolute atomic E-state index is 5.96.